The van der Waals surface area contributed by atoms with Gasteiger partial charge >= 0.3 is 6.09 Å². The summed E-state index contributed by atoms with van der Waals surface area (Å²) in [5.41, 5.74) is 0.433. The Balaban J connectivity index is 1.26. The van der Waals surface area contributed by atoms with Crippen LogP contribution in [0.25, 0.3) is 0 Å². The topological polar surface area (TPSA) is 318 Å². The molecule has 0 aromatic heterocycles. The number of hydrogen-bond acceptors (Lipinski definition) is 17. The molecule has 0 unspecified atom stereocenters. The maximum atomic E-state index is 14.0. The Bertz CT molecular complexity index is 3010. The van der Waals surface area contributed by atoms with Crippen molar-refractivity contribution in [3.05, 3.63) is 117 Å². The molecule has 0 radical (unpaired) electrons. The number of carbonyl (C=O) groups excluding carboxylic acids is 9. The van der Waals surface area contributed by atoms with E-state index in [0.29, 0.717) is 39.0 Å². The molecule has 4 aromatic rings. The number of nitrogens with one attached hydrogen (secondary N) is 9. The molecule has 9 N–H and O–H groups in total. The van der Waals surface area contributed by atoms with E-state index in [4.69, 9.17) is 23.7 Å². The maximum absolute atomic E-state index is 14.0. The second-order valence-corrected chi connectivity index (χ2v) is 21.6. The summed E-state index contributed by atoms with van der Waals surface area (Å²) in [5, 5.41) is 26.2. The fourth-order valence-corrected chi connectivity index (χ4v) is 9.94. The number of benzene rings is 4. The summed E-state index contributed by atoms with van der Waals surface area (Å²) >= 11 is 0. The summed E-state index contributed by atoms with van der Waals surface area (Å²) in [6.07, 6.45) is 1.54. The number of hydrogen-bond donors (Lipinski definition) is 9. The monoisotopic (exact) mass is 1220 g/mol. The number of methoxy groups -OCH3 is 4. The average Bonchev–Trinajstić information content (AvgIpc) is 3.34. The second kappa shape index (κ2) is 34.4. The molecule has 0 saturated heterocycles. The smallest absolute Gasteiger partial charge is 0.407 e. The lowest BCUT2D eigenvalue weighted by atomic mass is 10.1. The molecule has 26 heteroatoms. The van der Waals surface area contributed by atoms with Gasteiger partial charge in [-0.05, 0) is 88.6 Å². The van der Waals surface area contributed by atoms with Gasteiger partial charge < -0.3 is 71.5 Å². The Morgan fingerprint density at radius 3 is 1.08 bits per heavy atom. The lowest BCUT2D eigenvalue weighted by Crippen LogP contribution is -2.46. The van der Waals surface area contributed by atoms with E-state index in [9.17, 15) is 43.2 Å². The van der Waals surface area contributed by atoms with Gasteiger partial charge in [-0.15, -0.1) is 0 Å². The minimum absolute atomic E-state index is 0.0569. The van der Waals surface area contributed by atoms with Crippen LogP contribution in [0.5, 0.6) is 23.0 Å². The number of amides is 9. The molecule has 9 amide bonds. The molecule has 3 heterocycles. The lowest BCUT2D eigenvalue weighted by molar-refractivity contribution is 0.0525. The molecule has 476 valence electrons. The van der Waals surface area contributed by atoms with E-state index in [-0.39, 0.29) is 159 Å². The zero-order chi connectivity index (χ0) is 63.6. The highest BCUT2D eigenvalue weighted by atomic mass is 16.6. The number of fused-ring (bicyclic) bond motifs is 21. The van der Waals surface area contributed by atoms with Crippen LogP contribution in [-0.2, 0) is 4.74 Å². The third kappa shape index (κ3) is 20.0. The first kappa shape index (κ1) is 68.1. The number of carbonyl (C=O) groups is 9. The summed E-state index contributed by atoms with van der Waals surface area (Å²) in [7, 11) is 5.49. The van der Waals surface area contributed by atoms with Crippen molar-refractivity contribution < 1.29 is 66.8 Å². The predicted octanol–water partition coefficient (Wildman–Crippen LogP) is 2.29. The fraction of sp³-hybridized carbons (Fsp3) is 0.468. The molecule has 0 saturated carbocycles. The third-order valence-corrected chi connectivity index (χ3v) is 14.4. The molecule has 0 atom stereocenters. The maximum Gasteiger partial charge on any atom is 0.407 e. The number of rotatable bonds is 15. The molecule has 0 fully saturated rings. The predicted molar refractivity (Wildman–Crippen MR) is 328 cm³/mol. The normalized spacial score (nSPS) is 17.3. The third-order valence-electron chi connectivity index (χ3n) is 14.4. The van der Waals surface area contributed by atoms with E-state index in [2.05, 4.69) is 47.9 Å². The quantitative estimate of drug-likeness (QED) is 0.0771. The first-order valence-corrected chi connectivity index (χ1v) is 29.4. The van der Waals surface area contributed by atoms with Gasteiger partial charge in [0.1, 0.15) is 28.6 Å². The van der Waals surface area contributed by atoms with E-state index in [0.717, 1.165) is 6.42 Å². The zero-order valence-electron chi connectivity index (χ0n) is 51.3. The molecule has 0 spiro atoms. The highest BCUT2D eigenvalue weighted by Gasteiger charge is 2.26. The molecule has 7 rings (SSSR count). The van der Waals surface area contributed by atoms with E-state index in [1.165, 1.54) is 28.4 Å². The minimum Gasteiger partial charge on any atom is -0.495 e. The van der Waals surface area contributed by atoms with Crippen molar-refractivity contribution >= 4 is 53.4 Å². The Kier molecular flexibility index (Phi) is 26.6. The summed E-state index contributed by atoms with van der Waals surface area (Å²) in [5.74, 6) is -3.68. The lowest BCUT2D eigenvalue weighted by Gasteiger charge is -2.28. The Morgan fingerprint density at radius 2 is 0.727 bits per heavy atom. The van der Waals surface area contributed by atoms with Crippen molar-refractivity contribution in [1.29, 1.82) is 0 Å². The van der Waals surface area contributed by atoms with E-state index < -0.39 is 59.0 Å². The molecule has 8 bridgehead atoms. The summed E-state index contributed by atoms with van der Waals surface area (Å²) in [4.78, 5) is 129. The van der Waals surface area contributed by atoms with Crippen LogP contribution in [0.4, 0.5) is 4.79 Å². The van der Waals surface area contributed by atoms with Crippen molar-refractivity contribution in [2.45, 2.75) is 45.6 Å². The molecule has 0 aliphatic carbocycles. The second-order valence-electron chi connectivity index (χ2n) is 21.6. The summed E-state index contributed by atoms with van der Waals surface area (Å²) < 4.78 is 28.0. The first-order valence-electron chi connectivity index (χ1n) is 29.4. The molecule has 3 aliphatic rings. The first-order chi connectivity index (χ1) is 42.4. The van der Waals surface area contributed by atoms with Gasteiger partial charge in [-0.25, -0.2) is 4.79 Å². The van der Waals surface area contributed by atoms with Crippen LogP contribution in [0.15, 0.2) is 72.8 Å². The van der Waals surface area contributed by atoms with E-state index in [1.807, 2.05) is 14.7 Å². The number of alkyl carbamates (subject to hydrolysis) is 1. The van der Waals surface area contributed by atoms with Gasteiger partial charge in [0.05, 0.1) is 72.9 Å². The van der Waals surface area contributed by atoms with Gasteiger partial charge in [-0.1, -0.05) is 24.3 Å². The number of unbranched alkanes of at least 4 members (excludes halogenated alkanes) is 2. The van der Waals surface area contributed by atoms with E-state index in [1.54, 1.807) is 93.6 Å². The van der Waals surface area contributed by atoms with Crippen LogP contribution in [0, 0.1) is 0 Å². The number of para-hydroxylation sites is 4. The van der Waals surface area contributed by atoms with Crippen molar-refractivity contribution in [1.82, 2.24) is 62.6 Å². The van der Waals surface area contributed by atoms with Gasteiger partial charge in [0, 0.05) is 118 Å². The van der Waals surface area contributed by atoms with Gasteiger partial charge in [0.2, 0.25) is 0 Å². The van der Waals surface area contributed by atoms with Gasteiger partial charge in [0.15, 0.2) is 0 Å². The summed E-state index contributed by atoms with van der Waals surface area (Å²) in [6, 6.07) is 18.8. The highest BCUT2D eigenvalue weighted by molar-refractivity contribution is 6.07. The van der Waals surface area contributed by atoms with Crippen LogP contribution in [0.1, 0.15) is 123 Å². The minimum atomic E-state index is -0.603. The highest BCUT2D eigenvalue weighted by Crippen LogP contribution is 2.28. The molecule has 3 aliphatic heterocycles. The zero-order valence-corrected chi connectivity index (χ0v) is 51.3. The number of nitrogens with zero attached hydrogens (tertiary/aromatic N) is 3. The van der Waals surface area contributed by atoms with Crippen LogP contribution < -0.4 is 66.8 Å². The number of ether oxygens (including phenoxy) is 5. The largest absolute Gasteiger partial charge is 0.495 e. The Labute approximate surface area is 513 Å². The van der Waals surface area contributed by atoms with Crippen LogP contribution in [-0.4, -0.2) is 220 Å². The van der Waals surface area contributed by atoms with Gasteiger partial charge in [0.25, 0.3) is 47.3 Å². The van der Waals surface area contributed by atoms with Crippen LogP contribution in [0.2, 0.25) is 0 Å². The van der Waals surface area contributed by atoms with Gasteiger partial charge in [-0.3, -0.25) is 53.1 Å². The van der Waals surface area contributed by atoms with Crippen molar-refractivity contribution in [3.63, 3.8) is 0 Å². The SMILES string of the molecule is COc1c(C(=O)NCCCCCNC(=O)OC(C)(C)C)cccc1C(=O)NCCN1CCNC(=O)c2cccc(c2OC)C(=O)NCCN2CCNC(=O)c3cccc(c3OC)C(=O)NCCN(CCNC(=O)c3cccc(c3OC)C(=O)NCC2)CC1. The molecule has 4 aromatic carbocycles. The fourth-order valence-electron chi connectivity index (χ4n) is 9.94. The molecule has 88 heavy (non-hydrogen) atoms. The van der Waals surface area contributed by atoms with Crippen molar-refractivity contribution in [2.24, 2.45) is 0 Å². The molecular weight excluding hydrogens is 1140 g/mol. The Morgan fingerprint density at radius 1 is 0.409 bits per heavy atom. The van der Waals surface area contributed by atoms with Gasteiger partial charge in [-0.2, -0.15) is 0 Å². The van der Waals surface area contributed by atoms with Crippen LogP contribution >= 0.6 is 0 Å². The average molecular weight is 1220 g/mol. The van der Waals surface area contributed by atoms with E-state index >= 15 is 0 Å². The molecular formula is C62H84N12O14. The van der Waals surface area contributed by atoms with Crippen molar-refractivity contribution in [3.8, 4) is 23.0 Å². The molecule has 26 nitrogen and oxygen atoms in total. The standard InChI is InChI=1S/C62H84N12O14/c1-62(2,3)88-61(83)71-24-10-8-9-23-63-53(75)41-15-11-16-42(49(41)84-4)57(79)67-28-35-73-36-29-68-58(80)46-20-12-17-43(50(46)85-5)54(76)64-25-32-72-33-26-65-55(77)44-18-13-21-47(51(44)86-6)59(81)69-30-37-74(40-39-73)38-31-70-60(82)48-22-14-19-45(52(48)87-7)56(78)66-27-34-72/h11-22H,8-10,23-40H2,1-7H3,(H,63,75)(H,64,76)(H,65,77)(H,66,78)(H,67,79)(H,68,80)(H,69,81)(H,70,82)(H,71,83). The van der Waals surface area contributed by atoms with Crippen LogP contribution in [0.3, 0.4) is 0 Å². The van der Waals surface area contributed by atoms with Crippen molar-refractivity contribution in [2.75, 3.05) is 146 Å². The summed E-state index contributed by atoms with van der Waals surface area (Å²) in [6.45, 7) is 9.38. The Hall–Kier alpha value is -9.01.